The number of nitrogens with zero attached hydrogens (tertiary/aromatic N) is 3. The third-order valence-corrected chi connectivity index (χ3v) is 6.76. The number of esters is 1. The molecule has 0 saturated carbocycles. The minimum atomic E-state index is -0.865. The number of para-hydroxylation sites is 1. The molecule has 0 aliphatic heterocycles. The van der Waals surface area contributed by atoms with Gasteiger partial charge in [-0.25, -0.2) is 9.78 Å². The van der Waals surface area contributed by atoms with Gasteiger partial charge in [0.15, 0.2) is 17.6 Å². The molecule has 2 heterocycles. The van der Waals surface area contributed by atoms with E-state index in [9.17, 15) is 9.59 Å². The van der Waals surface area contributed by atoms with Gasteiger partial charge in [0.1, 0.15) is 11.3 Å². The van der Waals surface area contributed by atoms with E-state index in [0.717, 1.165) is 5.39 Å². The molecule has 0 saturated heterocycles. The molecule has 5 aromatic rings. The highest BCUT2D eigenvalue weighted by Gasteiger charge is 2.20. The number of furan rings is 1. The molecule has 0 fully saturated rings. The first-order valence-corrected chi connectivity index (χ1v) is 12.8. The van der Waals surface area contributed by atoms with Crippen LogP contribution in [0, 0.1) is 0 Å². The Balaban J connectivity index is 1.60. The fourth-order valence-electron chi connectivity index (χ4n) is 3.99. The molecule has 0 N–H and O–H groups in total. The highest BCUT2D eigenvalue weighted by Crippen LogP contribution is 2.35. The summed E-state index contributed by atoms with van der Waals surface area (Å²) >= 11 is 9.87. The highest BCUT2D eigenvalue weighted by atomic mass is 79.9. The van der Waals surface area contributed by atoms with E-state index >= 15 is 0 Å². The number of benzene rings is 3. The molecule has 5 rings (SSSR count). The Morgan fingerprint density at radius 2 is 1.92 bits per heavy atom. The molecular formula is C28H21BrClN3O6. The first-order chi connectivity index (χ1) is 18.8. The number of methoxy groups -OCH3 is 2. The zero-order valence-corrected chi connectivity index (χ0v) is 23.3. The Morgan fingerprint density at radius 3 is 2.67 bits per heavy atom. The lowest BCUT2D eigenvalue weighted by Gasteiger charge is -2.15. The smallest absolute Gasteiger partial charge is 0.346 e. The van der Waals surface area contributed by atoms with Crippen LogP contribution in [-0.4, -0.2) is 42.2 Å². The topological polar surface area (TPSA) is 105 Å². The Kier molecular flexibility index (Phi) is 7.40. The average molecular weight is 611 g/mol. The van der Waals surface area contributed by atoms with E-state index in [4.69, 9.17) is 35.2 Å². The lowest BCUT2D eigenvalue weighted by Crippen LogP contribution is -2.25. The summed E-state index contributed by atoms with van der Waals surface area (Å²) < 4.78 is 23.5. The summed E-state index contributed by atoms with van der Waals surface area (Å²) in [7, 11) is 2.85. The van der Waals surface area contributed by atoms with Gasteiger partial charge in [-0.15, -0.1) is 0 Å². The Bertz CT molecular complexity index is 1790. The molecule has 0 aliphatic carbocycles. The summed E-state index contributed by atoms with van der Waals surface area (Å²) in [5.74, 6) is 0.916. The summed E-state index contributed by atoms with van der Waals surface area (Å²) in [5.41, 5.74) is 1.26. The minimum absolute atomic E-state index is 0.213. The van der Waals surface area contributed by atoms with Gasteiger partial charge < -0.3 is 18.6 Å². The quantitative estimate of drug-likeness (QED) is 0.163. The molecule has 9 nitrogen and oxygen atoms in total. The van der Waals surface area contributed by atoms with Crippen LogP contribution in [0.5, 0.6) is 11.5 Å². The maximum atomic E-state index is 13.5. The van der Waals surface area contributed by atoms with Crippen molar-refractivity contribution in [1.29, 1.82) is 0 Å². The molecule has 0 amide bonds. The van der Waals surface area contributed by atoms with Gasteiger partial charge in [-0.2, -0.15) is 9.78 Å². The summed E-state index contributed by atoms with van der Waals surface area (Å²) in [6, 6.07) is 17.5. The van der Waals surface area contributed by atoms with Gasteiger partial charge in [0.25, 0.3) is 5.56 Å². The third-order valence-electron chi connectivity index (χ3n) is 5.89. The number of halogens is 2. The van der Waals surface area contributed by atoms with Crippen molar-refractivity contribution in [2.45, 2.75) is 13.0 Å². The zero-order chi connectivity index (χ0) is 27.7. The van der Waals surface area contributed by atoms with Crippen LogP contribution in [0.25, 0.3) is 33.5 Å². The van der Waals surface area contributed by atoms with Crippen LogP contribution < -0.4 is 15.0 Å². The van der Waals surface area contributed by atoms with Gasteiger partial charge >= 0.3 is 5.97 Å². The van der Waals surface area contributed by atoms with Gasteiger partial charge in [-0.1, -0.05) is 29.8 Å². The second-order valence-electron chi connectivity index (χ2n) is 8.39. The third kappa shape index (κ3) is 5.13. The predicted octanol–water partition coefficient (Wildman–Crippen LogP) is 6.06. The van der Waals surface area contributed by atoms with Crippen molar-refractivity contribution >= 4 is 61.6 Å². The Hall–Kier alpha value is -4.15. The average Bonchev–Trinajstić information content (AvgIpc) is 3.38. The van der Waals surface area contributed by atoms with Gasteiger partial charge in [-0.05, 0) is 70.9 Å². The predicted molar refractivity (Wildman–Crippen MR) is 152 cm³/mol. The van der Waals surface area contributed by atoms with Crippen molar-refractivity contribution in [3.8, 4) is 23.1 Å². The molecule has 39 heavy (non-hydrogen) atoms. The minimum Gasteiger partial charge on any atom is -0.496 e. The number of hydrogen-bond acceptors (Lipinski definition) is 8. The maximum absolute atomic E-state index is 13.5. The monoisotopic (exact) mass is 609 g/mol. The number of aromatic nitrogens is 2. The van der Waals surface area contributed by atoms with E-state index in [1.54, 1.807) is 62.6 Å². The van der Waals surface area contributed by atoms with Crippen LogP contribution in [-0.2, 0) is 9.53 Å². The van der Waals surface area contributed by atoms with Crippen LogP contribution >= 0.6 is 27.5 Å². The van der Waals surface area contributed by atoms with E-state index in [-0.39, 0.29) is 22.2 Å². The number of rotatable bonds is 7. The SMILES string of the molecule is COC(=O)[C@H](C)Oc1c(Cl)cc(C=Nn2c(-c3cc4c(OC)cccc4o3)nc3ccccc3c2=O)cc1Br. The number of carbonyl (C=O) groups is 1. The van der Waals surface area contributed by atoms with E-state index in [0.29, 0.717) is 38.0 Å². The van der Waals surface area contributed by atoms with E-state index in [1.165, 1.54) is 18.0 Å². The lowest BCUT2D eigenvalue weighted by atomic mass is 10.2. The van der Waals surface area contributed by atoms with E-state index in [2.05, 4.69) is 21.0 Å². The van der Waals surface area contributed by atoms with Crippen LogP contribution in [0.2, 0.25) is 5.02 Å². The van der Waals surface area contributed by atoms with Crippen LogP contribution in [0.1, 0.15) is 12.5 Å². The van der Waals surface area contributed by atoms with Crippen LogP contribution in [0.15, 0.2) is 79.4 Å². The summed E-state index contributed by atoms with van der Waals surface area (Å²) in [5, 5.41) is 5.82. The van der Waals surface area contributed by atoms with Gasteiger partial charge in [-0.3, -0.25) is 4.79 Å². The molecule has 0 unspecified atom stereocenters. The molecule has 11 heteroatoms. The Labute approximate surface area is 235 Å². The summed E-state index contributed by atoms with van der Waals surface area (Å²) in [6.07, 6.45) is 0.602. The summed E-state index contributed by atoms with van der Waals surface area (Å²) in [4.78, 5) is 30.0. The largest absolute Gasteiger partial charge is 0.496 e. The molecule has 1 atom stereocenters. The Morgan fingerprint density at radius 1 is 1.13 bits per heavy atom. The molecule has 2 aromatic heterocycles. The van der Waals surface area contributed by atoms with Crippen molar-refractivity contribution in [1.82, 2.24) is 9.66 Å². The molecule has 0 aliphatic rings. The maximum Gasteiger partial charge on any atom is 0.346 e. The lowest BCUT2D eigenvalue weighted by molar-refractivity contribution is -0.147. The van der Waals surface area contributed by atoms with Gasteiger partial charge in [0, 0.05) is 0 Å². The molecule has 0 bridgehead atoms. The number of hydrogen-bond donors (Lipinski definition) is 0. The van der Waals surface area contributed by atoms with Crippen molar-refractivity contribution in [2.75, 3.05) is 14.2 Å². The van der Waals surface area contributed by atoms with Gasteiger partial charge in [0.2, 0.25) is 5.82 Å². The van der Waals surface area contributed by atoms with Crippen LogP contribution in [0.4, 0.5) is 0 Å². The van der Waals surface area contributed by atoms with Crippen molar-refractivity contribution in [3.63, 3.8) is 0 Å². The van der Waals surface area contributed by atoms with Crippen molar-refractivity contribution < 1.29 is 23.4 Å². The van der Waals surface area contributed by atoms with Crippen molar-refractivity contribution in [2.24, 2.45) is 5.10 Å². The molecule has 3 aromatic carbocycles. The van der Waals surface area contributed by atoms with Crippen LogP contribution in [0.3, 0.4) is 0 Å². The number of fused-ring (bicyclic) bond motifs is 2. The second kappa shape index (κ2) is 10.9. The second-order valence-corrected chi connectivity index (χ2v) is 9.66. The molecular weight excluding hydrogens is 590 g/mol. The summed E-state index contributed by atoms with van der Waals surface area (Å²) in [6.45, 7) is 1.55. The van der Waals surface area contributed by atoms with Gasteiger partial charge in [0.05, 0.1) is 46.2 Å². The zero-order valence-electron chi connectivity index (χ0n) is 21.0. The normalized spacial score (nSPS) is 12.2. The number of carbonyl (C=O) groups excluding carboxylic acids is 1. The standard InChI is InChI=1S/C28H21BrClN3O6/c1-15(28(35)37-3)38-25-19(29)11-16(12-20(25)30)14-31-33-26(32-21-8-5-4-7-17(21)27(33)34)24-13-18-22(36-2)9-6-10-23(18)39-24/h4-15H,1-3H3/t15-/m0/s1. The van der Waals surface area contributed by atoms with E-state index in [1.807, 2.05) is 12.1 Å². The molecule has 198 valence electrons. The van der Waals surface area contributed by atoms with E-state index < -0.39 is 12.1 Å². The first kappa shape index (κ1) is 26.5. The highest BCUT2D eigenvalue weighted by molar-refractivity contribution is 9.10. The van der Waals surface area contributed by atoms with Crippen molar-refractivity contribution in [3.05, 3.63) is 86.1 Å². The first-order valence-electron chi connectivity index (χ1n) is 11.7. The molecule has 0 radical (unpaired) electrons. The molecule has 0 spiro atoms. The fourth-order valence-corrected chi connectivity index (χ4v) is 4.95. The number of ether oxygens (including phenoxy) is 3. The fraction of sp³-hybridized carbons (Fsp3) is 0.143.